The van der Waals surface area contributed by atoms with Crippen molar-refractivity contribution in [2.45, 2.75) is 61.7 Å². The first-order chi connectivity index (χ1) is 10.2. The first-order valence-electron chi connectivity index (χ1n) is 5.76. The summed E-state index contributed by atoms with van der Waals surface area (Å²) in [5.41, 5.74) is 0. The normalized spacial score (nSPS) is 16.0. The third-order valence-electron chi connectivity index (χ3n) is 2.97. The van der Waals surface area contributed by atoms with Crippen molar-refractivity contribution >= 4 is 0 Å². The summed E-state index contributed by atoms with van der Waals surface area (Å²) in [5, 5.41) is 0. The molecular formula is C10H8F14. The molecule has 24 heavy (non-hydrogen) atoms. The predicted octanol–water partition coefficient (Wildman–Crippen LogP) is 5.86. The van der Waals surface area contributed by atoms with Crippen LogP contribution in [-0.2, 0) is 0 Å². The Kier molecular flexibility index (Phi) is 5.83. The van der Waals surface area contributed by atoms with Gasteiger partial charge >= 0.3 is 42.0 Å². The van der Waals surface area contributed by atoms with Crippen molar-refractivity contribution in [1.29, 1.82) is 0 Å². The van der Waals surface area contributed by atoms with Gasteiger partial charge in [0.15, 0.2) is 0 Å². The van der Waals surface area contributed by atoms with Crippen LogP contribution in [0.2, 0.25) is 0 Å². The van der Waals surface area contributed by atoms with E-state index in [-0.39, 0.29) is 0 Å². The molecule has 0 fully saturated rings. The fraction of sp³-hybridized carbons (Fsp3) is 1.00. The van der Waals surface area contributed by atoms with Crippen molar-refractivity contribution in [3.05, 3.63) is 0 Å². The summed E-state index contributed by atoms with van der Waals surface area (Å²) in [6.45, 7) is 0.309. The Bertz CT molecular complexity index is 437. The molecule has 0 aromatic rings. The summed E-state index contributed by atoms with van der Waals surface area (Å²) >= 11 is 0. The Balaban J connectivity index is 5.93. The molecule has 0 atom stereocenters. The second-order valence-electron chi connectivity index (χ2n) is 4.72. The molecule has 0 aliphatic carbocycles. The van der Waals surface area contributed by atoms with Crippen molar-refractivity contribution in [3.8, 4) is 0 Å². The Morgan fingerprint density at radius 3 is 1.25 bits per heavy atom. The molecule has 0 aliphatic rings. The maximum absolute atomic E-state index is 13.0. The molecule has 0 bridgehead atoms. The average Bonchev–Trinajstić information content (AvgIpc) is 2.36. The maximum atomic E-state index is 13.0. The molecule has 0 saturated heterocycles. The van der Waals surface area contributed by atoms with Crippen molar-refractivity contribution < 1.29 is 61.5 Å². The molecule has 0 heterocycles. The summed E-state index contributed by atoms with van der Waals surface area (Å²) in [5.74, 6) is -40.3. The van der Waals surface area contributed by atoms with Gasteiger partial charge in [-0.2, -0.15) is 52.7 Å². The zero-order valence-corrected chi connectivity index (χ0v) is 11.3. The largest absolute Gasteiger partial charge is 0.384 e. The Morgan fingerprint density at radius 1 is 0.583 bits per heavy atom. The quantitative estimate of drug-likeness (QED) is 0.452. The van der Waals surface area contributed by atoms with Gasteiger partial charge in [0, 0.05) is 6.42 Å². The van der Waals surface area contributed by atoms with Crippen LogP contribution < -0.4 is 0 Å². The van der Waals surface area contributed by atoms with Gasteiger partial charge in [0.05, 0.1) is 6.42 Å². The number of alkyl halides is 14. The molecule has 0 saturated carbocycles. The van der Waals surface area contributed by atoms with Gasteiger partial charge < -0.3 is 0 Å². The molecule has 0 unspecified atom stereocenters. The molecule has 146 valence electrons. The van der Waals surface area contributed by atoms with Crippen molar-refractivity contribution in [2.75, 3.05) is 0 Å². The highest BCUT2D eigenvalue weighted by Crippen LogP contribution is 2.57. The summed E-state index contributed by atoms with van der Waals surface area (Å²) in [6, 6.07) is 0. The molecule has 0 N–H and O–H groups in total. The van der Waals surface area contributed by atoms with E-state index in [9.17, 15) is 61.5 Å². The number of hydrogen-bond acceptors (Lipinski definition) is 0. The lowest BCUT2D eigenvalue weighted by Gasteiger charge is -2.38. The SMILES string of the molecule is CCC(F)(F)C(F)(F)CC(F)(F)C(F)(F)C(F)(F)C(F)(F)C(F)F. The van der Waals surface area contributed by atoms with Gasteiger partial charge in [0.25, 0.3) is 0 Å². The van der Waals surface area contributed by atoms with E-state index in [0.29, 0.717) is 6.92 Å². The Hall–Kier alpha value is -0.980. The van der Waals surface area contributed by atoms with Crippen LogP contribution in [0.4, 0.5) is 61.5 Å². The highest BCUT2D eigenvalue weighted by atomic mass is 19.4. The van der Waals surface area contributed by atoms with Gasteiger partial charge in [-0.3, -0.25) is 0 Å². The first-order valence-corrected chi connectivity index (χ1v) is 5.76. The van der Waals surface area contributed by atoms with Crippen LogP contribution in [0.25, 0.3) is 0 Å². The van der Waals surface area contributed by atoms with E-state index < -0.39 is 54.8 Å². The van der Waals surface area contributed by atoms with Gasteiger partial charge in [0.1, 0.15) is 0 Å². The van der Waals surface area contributed by atoms with E-state index in [0.717, 1.165) is 0 Å². The third kappa shape index (κ3) is 3.37. The van der Waals surface area contributed by atoms with E-state index in [4.69, 9.17) is 0 Å². The number of halogens is 14. The molecule has 0 radical (unpaired) electrons. The van der Waals surface area contributed by atoms with Crippen molar-refractivity contribution in [3.63, 3.8) is 0 Å². The monoisotopic (exact) mass is 394 g/mol. The predicted molar refractivity (Wildman–Crippen MR) is 50.6 cm³/mol. The lowest BCUT2D eigenvalue weighted by molar-refractivity contribution is -0.393. The molecule has 0 nitrogen and oxygen atoms in total. The van der Waals surface area contributed by atoms with Crippen molar-refractivity contribution in [1.82, 2.24) is 0 Å². The van der Waals surface area contributed by atoms with E-state index in [1.54, 1.807) is 0 Å². The number of hydrogen-bond donors (Lipinski definition) is 0. The molecule has 0 spiro atoms. The van der Waals surface area contributed by atoms with Crippen LogP contribution in [0.15, 0.2) is 0 Å². The highest BCUT2D eigenvalue weighted by molar-refractivity contribution is 5.06. The van der Waals surface area contributed by atoms with Gasteiger partial charge in [-0.05, 0) is 0 Å². The lowest BCUT2D eigenvalue weighted by Crippen LogP contribution is -2.65. The fourth-order valence-electron chi connectivity index (χ4n) is 1.35. The van der Waals surface area contributed by atoms with E-state index in [2.05, 4.69) is 0 Å². The summed E-state index contributed by atoms with van der Waals surface area (Å²) < 4.78 is 177. The minimum atomic E-state index is -7.50. The Morgan fingerprint density at radius 2 is 0.958 bits per heavy atom. The zero-order chi connectivity index (χ0) is 20.0. The van der Waals surface area contributed by atoms with E-state index in [1.165, 1.54) is 0 Å². The van der Waals surface area contributed by atoms with Gasteiger partial charge in [-0.15, -0.1) is 0 Å². The first kappa shape index (κ1) is 23.0. The van der Waals surface area contributed by atoms with E-state index in [1.807, 2.05) is 0 Å². The van der Waals surface area contributed by atoms with Crippen molar-refractivity contribution in [2.24, 2.45) is 0 Å². The summed E-state index contributed by atoms with van der Waals surface area (Å²) in [7, 11) is 0. The molecule has 0 aliphatic heterocycles. The molecule has 0 aromatic heterocycles. The smallest absolute Gasteiger partial charge is 0.203 e. The van der Waals surface area contributed by atoms with Crippen LogP contribution >= 0.6 is 0 Å². The van der Waals surface area contributed by atoms with Gasteiger partial charge in [0.2, 0.25) is 0 Å². The second-order valence-corrected chi connectivity index (χ2v) is 4.72. The standard InChI is InChI=1S/C10H8F14/c1-2-5(13,14)6(15,16)3-7(17,18)9(21,22)10(23,24)8(19,20)4(11)12/h4H,2-3H2,1H3. The summed E-state index contributed by atoms with van der Waals surface area (Å²) in [4.78, 5) is 0. The lowest BCUT2D eigenvalue weighted by atomic mass is 9.92. The third-order valence-corrected chi connectivity index (χ3v) is 2.97. The maximum Gasteiger partial charge on any atom is 0.384 e. The van der Waals surface area contributed by atoms with Crippen LogP contribution in [0.3, 0.4) is 0 Å². The highest BCUT2D eigenvalue weighted by Gasteiger charge is 2.84. The Labute approximate surface area is 124 Å². The van der Waals surface area contributed by atoms with Crippen LogP contribution in [0.1, 0.15) is 19.8 Å². The topological polar surface area (TPSA) is 0 Å². The van der Waals surface area contributed by atoms with Gasteiger partial charge in [-0.25, -0.2) is 8.78 Å². The molecule has 0 rings (SSSR count). The minimum Gasteiger partial charge on any atom is -0.203 e. The minimum absolute atomic E-state index is 0.309. The van der Waals surface area contributed by atoms with Crippen LogP contribution in [0, 0.1) is 0 Å². The van der Waals surface area contributed by atoms with Gasteiger partial charge in [-0.1, -0.05) is 6.92 Å². The molecule has 0 aromatic carbocycles. The summed E-state index contributed by atoms with van der Waals surface area (Å²) in [6.07, 6.45) is -11.4. The van der Waals surface area contributed by atoms with Crippen LogP contribution in [0.5, 0.6) is 0 Å². The molecule has 0 amide bonds. The fourth-order valence-corrected chi connectivity index (χ4v) is 1.35. The second kappa shape index (κ2) is 6.07. The number of rotatable bonds is 8. The zero-order valence-electron chi connectivity index (χ0n) is 11.3. The van der Waals surface area contributed by atoms with E-state index >= 15 is 0 Å². The molecule has 14 heteroatoms. The van der Waals surface area contributed by atoms with Crippen LogP contribution in [-0.4, -0.2) is 42.0 Å². The molecular weight excluding hydrogens is 386 g/mol. The average molecular weight is 394 g/mol.